The summed E-state index contributed by atoms with van der Waals surface area (Å²) in [6.07, 6.45) is 5.31. The van der Waals surface area contributed by atoms with Gasteiger partial charge in [0, 0.05) is 10.6 Å². The van der Waals surface area contributed by atoms with E-state index in [1.807, 2.05) is 6.08 Å². The molecule has 4 heteroatoms. The van der Waals surface area contributed by atoms with Gasteiger partial charge in [-0.3, -0.25) is 0 Å². The molecule has 0 N–H and O–H groups in total. The van der Waals surface area contributed by atoms with Crippen LogP contribution in [0.3, 0.4) is 0 Å². The first-order chi connectivity index (χ1) is 6.27. The van der Waals surface area contributed by atoms with E-state index in [9.17, 15) is 4.79 Å². The molecule has 1 aliphatic rings. The van der Waals surface area contributed by atoms with Gasteiger partial charge in [-0.05, 0) is 19.3 Å². The van der Waals surface area contributed by atoms with Crippen molar-refractivity contribution in [2.24, 2.45) is 0 Å². The van der Waals surface area contributed by atoms with Gasteiger partial charge in [0.25, 0.3) is 0 Å². The lowest BCUT2D eigenvalue weighted by Crippen LogP contribution is -2.02. The molecular weight excluding hydrogens is 252 g/mol. The number of methoxy groups -OCH3 is 1. The van der Waals surface area contributed by atoms with Crippen molar-refractivity contribution in [2.45, 2.75) is 24.5 Å². The smallest absolute Gasteiger partial charge is 0.344 e. The Labute approximate surface area is 91.2 Å². The van der Waals surface area contributed by atoms with Gasteiger partial charge in [0.1, 0.15) is 0 Å². The molecule has 1 heterocycles. The Morgan fingerprint density at radius 1 is 1.85 bits per heavy atom. The second-order valence-electron chi connectivity index (χ2n) is 2.87. The van der Waals surface area contributed by atoms with Crippen LogP contribution in [-0.4, -0.2) is 23.7 Å². The number of esters is 1. The highest BCUT2D eigenvalue weighted by molar-refractivity contribution is 9.09. The Morgan fingerprint density at radius 2 is 2.62 bits per heavy atom. The third-order valence-electron chi connectivity index (χ3n) is 1.91. The third kappa shape index (κ3) is 3.35. The molecule has 0 saturated carbocycles. The number of hydrogen-bond donors (Lipinski definition) is 0. The van der Waals surface area contributed by atoms with Crippen LogP contribution in [0.25, 0.3) is 0 Å². The normalized spacial score (nSPS) is 21.4. The Hall–Kier alpha value is 0.0400. The molecule has 0 bridgehead atoms. The van der Waals surface area contributed by atoms with Crippen LogP contribution in [0.2, 0.25) is 0 Å². The van der Waals surface area contributed by atoms with Crippen molar-refractivity contribution in [1.82, 2.24) is 0 Å². The molecule has 1 rings (SSSR count). The predicted molar refractivity (Wildman–Crippen MR) is 59.1 cm³/mol. The van der Waals surface area contributed by atoms with Crippen molar-refractivity contribution in [1.29, 1.82) is 0 Å². The highest BCUT2D eigenvalue weighted by Gasteiger charge is 2.22. The van der Waals surface area contributed by atoms with Gasteiger partial charge in [-0.2, -0.15) is 0 Å². The van der Waals surface area contributed by atoms with Crippen LogP contribution < -0.4 is 0 Å². The number of thioether (sulfide) groups is 1. The summed E-state index contributed by atoms with van der Waals surface area (Å²) in [5.74, 6) is -0.189. The van der Waals surface area contributed by atoms with Crippen molar-refractivity contribution in [3.8, 4) is 0 Å². The minimum atomic E-state index is -0.189. The van der Waals surface area contributed by atoms with Gasteiger partial charge in [-0.15, -0.1) is 11.8 Å². The Bertz CT molecular complexity index is 216. The fraction of sp³-hybridized carbons (Fsp3) is 0.667. The first-order valence-electron chi connectivity index (χ1n) is 4.29. The average Bonchev–Trinajstić information content (AvgIpc) is 2.62. The molecule has 0 aromatic rings. The molecule has 0 fully saturated rings. The molecule has 1 unspecified atom stereocenters. The lowest BCUT2D eigenvalue weighted by Gasteiger charge is -2.07. The van der Waals surface area contributed by atoms with E-state index in [2.05, 4.69) is 20.7 Å². The van der Waals surface area contributed by atoms with E-state index < -0.39 is 0 Å². The van der Waals surface area contributed by atoms with Crippen molar-refractivity contribution < 1.29 is 9.53 Å². The van der Waals surface area contributed by atoms with Crippen LogP contribution in [0.5, 0.6) is 0 Å². The number of carbonyl (C=O) groups excluding carboxylic acids is 1. The second kappa shape index (κ2) is 5.70. The largest absolute Gasteiger partial charge is 0.465 e. The lowest BCUT2D eigenvalue weighted by atomic mass is 10.2. The second-order valence-corrected chi connectivity index (χ2v) is 5.00. The first kappa shape index (κ1) is 11.1. The van der Waals surface area contributed by atoms with Crippen molar-refractivity contribution in [3.05, 3.63) is 11.0 Å². The van der Waals surface area contributed by atoms with Gasteiger partial charge in [-0.1, -0.05) is 22.0 Å². The van der Waals surface area contributed by atoms with Crippen LogP contribution in [0.1, 0.15) is 19.3 Å². The number of halogens is 1. The summed E-state index contributed by atoms with van der Waals surface area (Å²) >= 11 is 5.05. The fourth-order valence-corrected chi connectivity index (χ4v) is 2.76. The molecule has 0 amide bonds. The van der Waals surface area contributed by atoms with Gasteiger partial charge in [0.15, 0.2) is 0 Å². The molecule has 0 aromatic heterocycles. The summed E-state index contributed by atoms with van der Waals surface area (Å²) in [7, 11) is 1.43. The fourth-order valence-electron chi connectivity index (χ4n) is 1.23. The SMILES string of the molecule is COC(=O)C1=CCC(CCCBr)S1. The first-order valence-corrected chi connectivity index (χ1v) is 6.29. The van der Waals surface area contributed by atoms with Crippen LogP contribution in [0, 0.1) is 0 Å². The molecule has 0 saturated heterocycles. The average molecular weight is 265 g/mol. The number of rotatable bonds is 4. The minimum Gasteiger partial charge on any atom is -0.465 e. The van der Waals surface area contributed by atoms with E-state index in [0.29, 0.717) is 5.25 Å². The van der Waals surface area contributed by atoms with E-state index in [-0.39, 0.29) is 5.97 Å². The molecule has 74 valence electrons. The zero-order chi connectivity index (χ0) is 9.68. The standard InChI is InChI=1S/C9H13BrO2S/c1-12-9(11)8-5-4-7(13-8)3-2-6-10/h5,7H,2-4,6H2,1H3. The molecule has 1 aliphatic heterocycles. The molecule has 13 heavy (non-hydrogen) atoms. The molecule has 1 atom stereocenters. The summed E-state index contributed by atoms with van der Waals surface area (Å²) in [4.78, 5) is 11.9. The molecule has 0 radical (unpaired) electrons. The zero-order valence-corrected chi connectivity index (χ0v) is 9.99. The van der Waals surface area contributed by atoms with Crippen molar-refractivity contribution in [3.63, 3.8) is 0 Å². The zero-order valence-electron chi connectivity index (χ0n) is 7.59. The quantitative estimate of drug-likeness (QED) is 0.577. The Kier molecular flexibility index (Phi) is 4.88. The number of alkyl halides is 1. The van der Waals surface area contributed by atoms with Crippen molar-refractivity contribution >= 4 is 33.7 Å². The van der Waals surface area contributed by atoms with Crippen LogP contribution in [-0.2, 0) is 9.53 Å². The maximum atomic E-state index is 11.1. The van der Waals surface area contributed by atoms with Gasteiger partial charge < -0.3 is 4.74 Å². The Morgan fingerprint density at radius 3 is 3.23 bits per heavy atom. The van der Waals surface area contributed by atoms with Gasteiger partial charge in [0.05, 0.1) is 12.0 Å². The highest BCUT2D eigenvalue weighted by Crippen LogP contribution is 2.35. The van der Waals surface area contributed by atoms with E-state index >= 15 is 0 Å². The summed E-state index contributed by atoms with van der Waals surface area (Å²) in [6.45, 7) is 0. The van der Waals surface area contributed by atoms with Crippen LogP contribution >= 0.6 is 27.7 Å². The number of hydrogen-bond acceptors (Lipinski definition) is 3. The van der Waals surface area contributed by atoms with Crippen LogP contribution in [0.15, 0.2) is 11.0 Å². The van der Waals surface area contributed by atoms with E-state index in [0.717, 1.165) is 23.1 Å². The summed E-state index contributed by atoms with van der Waals surface area (Å²) in [5.41, 5.74) is 0. The van der Waals surface area contributed by atoms with Crippen LogP contribution in [0.4, 0.5) is 0 Å². The van der Waals surface area contributed by atoms with E-state index in [1.54, 1.807) is 11.8 Å². The molecule has 2 nitrogen and oxygen atoms in total. The summed E-state index contributed by atoms with van der Waals surface area (Å²) in [6, 6.07) is 0. The predicted octanol–water partition coefficient (Wildman–Crippen LogP) is 2.72. The van der Waals surface area contributed by atoms with Gasteiger partial charge >= 0.3 is 5.97 Å². The van der Waals surface area contributed by atoms with Gasteiger partial charge in [0.2, 0.25) is 0 Å². The maximum absolute atomic E-state index is 11.1. The topological polar surface area (TPSA) is 26.3 Å². The lowest BCUT2D eigenvalue weighted by molar-refractivity contribution is -0.135. The van der Waals surface area contributed by atoms with Crippen molar-refractivity contribution in [2.75, 3.05) is 12.4 Å². The summed E-state index contributed by atoms with van der Waals surface area (Å²) in [5, 5.41) is 1.61. The van der Waals surface area contributed by atoms with E-state index in [4.69, 9.17) is 0 Å². The third-order valence-corrected chi connectivity index (χ3v) is 3.82. The summed E-state index contributed by atoms with van der Waals surface area (Å²) < 4.78 is 4.65. The molecule has 0 aromatic carbocycles. The molecule has 0 spiro atoms. The monoisotopic (exact) mass is 264 g/mol. The number of allylic oxidation sites excluding steroid dienone is 1. The Balaban J connectivity index is 2.29. The molecule has 0 aliphatic carbocycles. The molecular formula is C9H13BrO2S. The number of ether oxygens (including phenoxy) is 1. The minimum absolute atomic E-state index is 0.189. The van der Waals surface area contributed by atoms with Gasteiger partial charge in [-0.25, -0.2) is 4.79 Å². The maximum Gasteiger partial charge on any atom is 0.344 e. The number of carbonyl (C=O) groups is 1. The highest BCUT2D eigenvalue weighted by atomic mass is 79.9. The van der Waals surface area contributed by atoms with E-state index in [1.165, 1.54) is 13.5 Å².